The van der Waals surface area contributed by atoms with Crippen molar-refractivity contribution >= 4 is 0 Å². The average molecular weight is 417 g/mol. The molecule has 0 heterocycles. The van der Waals surface area contributed by atoms with Crippen molar-refractivity contribution in [3.05, 3.63) is 35.5 Å². The zero-order valence-corrected chi connectivity index (χ0v) is 19.7. The van der Waals surface area contributed by atoms with E-state index in [4.69, 9.17) is 0 Å². The summed E-state index contributed by atoms with van der Waals surface area (Å²) >= 11 is 0. The quantitative estimate of drug-likeness (QED) is 0.472. The Morgan fingerprint density at radius 1 is 1.13 bits per heavy atom. The van der Waals surface area contributed by atoms with Crippen molar-refractivity contribution in [1.82, 2.24) is 0 Å². The highest BCUT2D eigenvalue weighted by Gasteiger charge is 2.50. The molecular formula is C27H44O3. The van der Waals surface area contributed by atoms with Crippen LogP contribution in [0.25, 0.3) is 0 Å². The highest BCUT2D eigenvalue weighted by atomic mass is 16.5. The van der Waals surface area contributed by atoms with Crippen molar-refractivity contribution in [3.63, 3.8) is 0 Å². The Morgan fingerprint density at radius 2 is 1.87 bits per heavy atom. The first-order chi connectivity index (χ1) is 14.0. The molecule has 0 bridgehead atoms. The Morgan fingerprint density at radius 3 is 2.57 bits per heavy atom. The highest BCUT2D eigenvalue weighted by Crippen LogP contribution is 2.60. The molecule has 30 heavy (non-hydrogen) atoms. The molecule has 3 aliphatic carbocycles. The summed E-state index contributed by atoms with van der Waals surface area (Å²) < 4.78 is 0. The zero-order valence-electron chi connectivity index (χ0n) is 19.7. The standard InChI is InChI=1S/C27H44O3/c1-18(2)27(29,30)16-14-20(4)24-12-13-25-21(7-6-15-26(24,25)5)9-10-22-17-23(28)11-8-19(22)3/h9-10,18,20,23-25,28-30H,3,6-8,11-17H2,1-2,4-5H3/b21-9+,22-10-/t20-,23+,24-,25?,26-/m1/s1. The third-order valence-corrected chi connectivity index (χ3v) is 8.80. The summed E-state index contributed by atoms with van der Waals surface area (Å²) in [5.41, 5.74) is 4.32. The van der Waals surface area contributed by atoms with Crippen LogP contribution in [-0.2, 0) is 0 Å². The van der Waals surface area contributed by atoms with E-state index in [2.05, 4.69) is 32.6 Å². The molecule has 3 heteroatoms. The van der Waals surface area contributed by atoms with E-state index in [1.807, 2.05) is 13.8 Å². The molecule has 0 aliphatic heterocycles. The predicted molar refractivity (Wildman–Crippen MR) is 124 cm³/mol. The van der Waals surface area contributed by atoms with Crippen LogP contribution in [0.3, 0.4) is 0 Å². The maximum atomic E-state index is 10.3. The second-order valence-corrected chi connectivity index (χ2v) is 11.1. The van der Waals surface area contributed by atoms with Gasteiger partial charge >= 0.3 is 0 Å². The van der Waals surface area contributed by atoms with Gasteiger partial charge in [0, 0.05) is 12.3 Å². The zero-order chi connectivity index (χ0) is 22.1. The lowest BCUT2D eigenvalue weighted by Crippen LogP contribution is -2.38. The molecule has 0 aromatic heterocycles. The second kappa shape index (κ2) is 9.30. The average Bonchev–Trinajstić information content (AvgIpc) is 3.04. The number of aliphatic hydroxyl groups excluding tert-OH is 1. The molecule has 0 spiro atoms. The lowest BCUT2D eigenvalue weighted by molar-refractivity contribution is -0.199. The van der Waals surface area contributed by atoms with Crippen molar-refractivity contribution in [2.24, 2.45) is 29.1 Å². The highest BCUT2D eigenvalue weighted by molar-refractivity contribution is 5.36. The Balaban J connectivity index is 1.71. The molecule has 170 valence electrons. The fraction of sp³-hybridized carbons (Fsp3) is 0.778. The van der Waals surface area contributed by atoms with Gasteiger partial charge in [0.1, 0.15) is 0 Å². The Bertz CT molecular complexity index is 686. The van der Waals surface area contributed by atoms with Gasteiger partial charge in [-0.1, -0.05) is 57.6 Å². The van der Waals surface area contributed by atoms with Crippen molar-refractivity contribution in [1.29, 1.82) is 0 Å². The molecule has 0 aromatic carbocycles. The largest absolute Gasteiger partial charge is 0.393 e. The number of hydrogen-bond donors (Lipinski definition) is 3. The first kappa shape index (κ1) is 23.8. The van der Waals surface area contributed by atoms with Gasteiger partial charge < -0.3 is 15.3 Å². The third kappa shape index (κ3) is 4.95. The van der Waals surface area contributed by atoms with E-state index in [-0.39, 0.29) is 12.0 Å². The molecule has 0 amide bonds. The Hall–Kier alpha value is -0.900. The maximum absolute atomic E-state index is 10.3. The Kier molecular flexibility index (Phi) is 7.37. The van der Waals surface area contributed by atoms with Gasteiger partial charge in [-0.2, -0.15) is 0 Å². The molecule has 0 aromatic rings. The van der Waals surface area contributed by atoms with Gasteiger partial charge in [0.25, 0.3) is 0 Å². The minimum Gasteiger partial charge on any atom is -0.393 e. The van der Waals surface area contributed by atoms with Crippen LogP contribution in [0.1, 0.15) is 91.9 Å². The van der Waals surface area contributed by atoms with E-state index in [1.54, 1.807) is 5.57 Å². The number of fused-ring (bicyclic) bond motifs is 1. The van der Waals surface area contributed by atoms with Crippen molar-refractivity contribution < 1.29 is 15.3 Å². The number of hydrogen-bond acceptors (Lipinski definition) is 3. The number of allylic oxidation sites excluding steroid dienone is 4. The van der Waals surface area contributed by atoms with Gasteiger partial charge in [-0.3, -0.25) is 0 Å². The SMILES string of the molecule is C=C1CC[C@H](O)C/C1=C/C=C1\CCC[C@@]2(C)C1CC[C@@H]2[C@H](C)CCC(O)(O)C(C)C. The molecule has 0 saturated heterocycles. The van der Waals surface area contributed by atoms with E-state index in [0.717, 1.165) is 25.7 Å². The molecule has 3 aliphatic rings. The molecular weight excluding hydrogens is 372 g/mol. The lowest BCUT2D eigenvalue weighted by Gasteiger charge is -2.44. The molecule has 3 rings (SSSR count). The van der Waals surface area contributed by atoms with Gasteiger partial charge in [-0.25, -0.2) is 0 Å². The van der Waals surface area contributed by atoms with Crippen LogP contribution in [0.15, 0.2) is 35.5 Å². The van der Waals surface area contributed by atoms with Gasteiger partial charge in [0.2, 0.25) is 0 Å². The molecule has 3 fully saturated rings. The Labute approximate surface area is 184 Å². The van der Waals surface area contributed by atoms with E-state index in [1.165, 1.54) is 43.3 Å². The van der Waals surface area contributed by atoms with E-state index in [9.17, 15) is 15.3 Å². The fourth-order valence-corrected chi connectivity index (χ4v) is 6.54. The first-order valence-electron chi connectivity index (χ1n) is 12.2. The van der Waals surface area contributed by atoms with E-state index < -0.39 is 5.79 Å². The van der Waals surface area contributed by atoms with Crippen LogP contribution >= 0.6 is 0 Å². The second-order valence-electron chi connectivity index (χ2n) is 11.1. The van der Waals surface area contributed by atoms with Gasteiger partial charge in [-0.05, 0) is 86.5 Å². The summed E-state index contributed by atoms with van der Waals surface area (Å²) in [5, 5.41) is 30.6. The van der Waals surface area contributed by atoms with E-state index >= 15 is 0 Å². The van der Waals surface area contributed by atoms with Crippen LogP contribution < -0.4 is 0 Å². The summed E-state index contributed by atoms with van der Waals surface area (Å²) in [7, 11) is 0. The van der Waals surface area contributed by atoms with Crippen LogP contribution in [0.2, 0.25) is 0 Å². The molecule has 3 saturated carbocycles. The summed E-state index contributed by atoms with van der Waals surface area (Å²) in [5.74, 6) is 0.0956. The van der Waals surface area contributed by atoms with Crippen LogP contribution in [-0.4, -0.2) is 27.2 Å². The molecule has 3 nitrogen and oxygen atoms in total. The van der Waals surface area contributed by atoms with Crippen molar-refractivity contribution in [2.75, 3.05) is 0 Å². The summed E-state index contributed by atoms with van der Waals surface area (Å²) in [6.45, 7) is 12.8. The molecule has 1 unspecified atom stereocenters. The monoisotopic (exact) mass is 416 g/mol. The molecule has 0 radical (unpaired) electrons. The molecule has 5 atom stereocenters. The fourth-order valence-electron chi connectivity index (χ4n) is 6.54. The van der Waals surface area contributed by atoms with Crippen LogP contribution in [0.4, 0.5) is 0 Å². The smallest absolute Gasteiger partial charge is 0.164 e. The maximum Gasteiger partial charge on any atom is 0.164 e. The predicted octanol–water partition coefficient (Wildman–Crippen LogP) is 5.91. The summed E-state index contributed by atoms with van der Waals surface area (Å²) in [6.07, 6.45) is 14.4. The van der Waals surface area contributed by atoms with Gasteiger partial charge in [-0.15, -0.1) is 0 Å². The van der Waals surface area contributed by atoms with Gasteiger partial charge in [0.15, 0.2) is 5.79 Å². The summed E-state index contributed by atoms with van der Waals surface area (Å²) in [4.78, 5) is 0. The van der Waals surface area contributed by atoms with Crippen LogP contribution in [0.5, 0.6) is 0 Å². The van der Waals surface area contributed by atoms with Crippen molar-refractivity contribution in [2.45, 2.75) is 104 Å². The van der Waals surface area contributed by atoms with Gasteiger partial charge in [0.05, 0.1) is 6.10 Å². The number of aliphatic hydroxyl groups is 3. The number of rotatable bonds is 6. The lowest BCUT2D eigenvalue weighted by atomic mass is 9.60. The minimum absolute atomic E-state index is 0.137. The summed E-state index contributed by atoms with van der Waals surface area (Å²) in [6, 6.07) is 0. The first-order valence-corrected chi connectivity index (χ1v) is 12.2. The topological polar surface area (TPSA) is 60.7 Å². The molecule has 3 N–H and O–H groups in total. The van der Waals surface area contributed by atoms with E-state index in [0.29, 0.717) is 29.6 Å². The minimum atomic E-state index is -1.55. The van der Waals surface area contributed by atoms with Crippen molar-refractivity contribution in [3.8, 4) is 0 Å². The normalized spacial score (nSPS) is 36.5. The third-order valence-electron chi connectivity index (χ3n) is 8.80. The van der Waals surface area contributed by atoms with Crippen LogP contribution in [0, 0.1) is 29.1 Å².